The average Bonchev–Trinajstić information content (AvgIpc) is 1.98. The highest BCUT2D eigenvalue weighted by Gasteiger charge is 2.01. The summed E-state index contributed by atoms with van der Waals surface area (Å²) < 4.78 is 0. The van der Waals surface area contributed by atoms with Crippen LogP contribution >= 0.6 is 0 Å². The Labute approximate surface area is 60.5 Å². The van der Waals surface area contributed by atoms with Crippen molar-refractivity contribution < 1.29 is 5.11 Å². The van der Waals surface area contributed by atoms with Gasteiger partial charge in [-0.25, -0.2) is 0 Å². The van der Waals surface area contributed by atoms with E-state index in [9.17, 15) is 0 Å². The highest BCUT2D eigenvalue weighted by atomic mass is 16.3. The van der Waals surface area contributed by atoms with Gasteiger partial charge >= 0.3 is 0 Å². The Morgan fingerprint density at radius 2 is 2.40 bits per heavy atom. The van der Waals surface area contributed by atoms with E-state index in [2.05, 4.69) is 16.9 Å². The Hall–Kier alpha value is -0.730. The second-order valence-corrected chi connectivity index (χ2v) is 2.18. The van der Waals surface area contributed by atoms with E-state index in [0.29, 0.717) is 0 Å². The lowest BCUT2D eigenvalue weighted by molar-refractivity contribution is 0.258. The molecule has 10 heavy (non-hydrogen) atoms. The monoisotopic (exact) mass is 143 g/mol. The van der Waals surface area contributed by atoms with Gasteiger partial charge in [0, 0.05) is 4.91 Å². The summed E-state index contributed by atoms with van der Waals surface area (Å²) in [6.07, 6.45) is 2.86. The molecule has 0 aromatic carbocycles. The molecule has 0 bridgehead atoms. The Morgan fingerprint density at radius 1 is 1.70 bits per heavy atom. The molecule has 0 aromatic rings. The van der Waals surface area contributed by atoms with Crippen LogP contribution < -0.4 is 0 Å². The second kappa shape index (κ2) is 6.39. The van der Waals surface area contributed by atoms with Gasteiger partial charge in [-0.2, -0.15) is 0 Å². The van der Waals surface area contributed by atoms with Crippen molar-refractivity contribution in [3.05, 3.63) is 10.4 Å². The molecule has 0 aliphatic rings. The molecule has 0 heterocycles. The van der Waals surface area contributed by atoms with Gasteiger partial charge in [-0.05, 0) is 12.0 Å². The lowest BCUT2D eigenvalue weighted by Crippen LogP contribution is -2.08. The first-order valence-corrected chi connectivity index (χ1v) is 3.50. The molecule has 4 heteroatoms. The summed E-state index contributed by atoms with van der Waals surface area (Å²) in [4.78, 5) is 2.62. The molecule has 0 aliphatic carbocycles. The molecule has 0 fully saturated rings. The minimum absolute atomic E-state index is 0.0376. The molecule has 0 rings (SSSR count). The number of azide groups is 1. The Bertz CT molecular complexity index is 120. The van der Waals surface area contributed by atoms with Crippen molar-refractivity contribution in [2.24, 2.45) is 5.11 Å². The minimum atomic E-state index is -0.218. The van der Waals surface area contributed by atoms with Gasteiger partial charge in [0.2, 0.25) is 0 Å². The predicted octanol–water partition coefficient (Wildman–Crippen LogP) is 1.85. The van der Waals surface area contributed by atoms with Crippen molar-refractivity contribution in [2.45, 2.75) is 32.2 Å². The van der Waals surface area contributed by atoms with Crippen LogP contribution in [0.5, 0.6) is 0 Å². The van der Waals surface area contributed by atoms with Gasteiger partial charge in [0.1, 0.15) is 0 Å². The fourth-order valence-corrected chi connectivity index (χ4v) is 0.698. The molecule has 58 valence electrons. The quantitative estimate of drug-likeness (QED) is 0.356. The van der Waals surface area contributed by atoms with E-state index in [4.69, 9.17) is 10.6 Å². The van der Waals surface area contributed by atoms with E-state index in [0.717, 1.165) is 19.3 Å². The van der Waals surface area contributed by atoms with Crippen molar-refractivity contribution in [3.63, 3.8) is 0 Å². The smallest absolute Gasteiger partial charge is 0.0605 e. The largest absolute Gasteiger partial charge is 0.396 e. The SMILES string of the molecule is CCCCC(CO)N=[N+]=[N-]. The fourth-order valence-electron chi connectivity index (χ4n) is 0.698. The molecule has 0 amide bonds. The molecule has 0 radical (unpaired) electrons. The van der Waals surface area contributed by atoms with E-state index in [1.54, 1.807) is 0 Å². The molecule has 4 nitrogen and oxygen atoms in total. The maximum Gasteiger partial charge on any atom is 0.0605 e. The first-order valence-electron chi connectivity index (χ1n) is 3.50. The van der Waals surface area contributed by atoms with Crippen molar-refractivity contribution in [1.29, 1.82) is 0 Å². The number of hydrogen-bond donors (Lipinski definition) is 1. The third-order valence-corrected chi connectivity index (χ3v) is 1.32. The Balaban J connectivity index is 3.49. The zero-order valence-corrected chi connectivity index (χ0v) is 6.19. The highest BCUT2D eigenvalue weighted by molar-refractivity contribution is 4.64. The molecular formula is C6H13N3O. The summed E-state index contributed by atoms with van der Waals surface area (Å²) in [5, 5.41) is 12.0. The van der Waals surface area contributed by atoms with Crippen LogP contribution in [-0.4, -0.2) is 17.8 Å². The van der Waals surface area contributed by atoms with Gasteiger partial charge in [0.05, 0.1) is 12.6 Å². The first kappa shape index (κ1) is 9.27. The lowest BCUT2D eigenvalue weighted by Gasteiger charge is -2.03. The van der Waals surface area contributed by atoms with Crippen molar-refractivity contribution >= 4 is 0 Å². The molecular weight excluding hydrogens is 130 g/mol. The van der Waals surface area contributed by atoms with Gasteiger partial charge in [-0.15, -0.1) is 0 Å². The number of nitrogens with zero attached hydrogens (tertiary/aromatic N) is 3. The summed E-state index contributed by atoms with van der Waals surface area (Å²) in [5.74, 6) is 0. The number of aliphatic hydroxyl groups excluding tert-OH is 1. The summed E-state index contributed by atoms with van der Waals surface area (Å²) in [6, 6.07) is -0.218. The van der Waals surface area contributed by atoms with Gasteiger partial charge in [0.15, 0.2) is 0 Å². The molecule has 0 aliphatic heterocycles. The fraction of sp³-hybridized carbons (Fsp3) is 1.00. The number of rotatable bonds is 5. The predicted molar refractivity (Wildman–Crippen MR) is 39.5 cm³/mol. The summed E-state index contributed by atoms with van der Waals surface area (Å²) in [6.45, 7) is 2.02. The van der Waals surface area contributed by atoms with Crippen LogP contribution in [0.1, 0.15) is 26.2 Å². The summed E-state index contributed by atoms with van der Waals surface area (Å²) in [5.41, 5.74) is 8.01. The van der Waals surface area contributed by atoms with Gasteiger partial charge in [-0.3, -0.25) is 0 Å². The zero-order chi connectivity index (χ0) is 7.82. The molecule has 1 unspecified atom stereocenters. The van der Waals surface area contributed by atoms with Gasteiger partial charge in [0.25, 0.3) is 0 Å². The topological polar surface area (TPSA) is 69.0 Å². The van der Waals surface area contributed by atoms with Gasteiger partial charge in [-0.1, -0.05) is 24.9 Å². The molecule has 0 saturated carbocycles. The van der Waals surface area contributed by atoms with Crippen molar-refractivity contribution in [2.75, 3.05) is 6.61 Å². The van der Waals surface area contributed by atoms with Crippen LogP contribution in [-0.2, 0) is 0 Å². The maximum absolute atomic E-state index is 8.62. The minimum Gasteiger partial charge on any atom is -0.396 e. The van der Waals surface area contributed by atoms with Crippen LogP contribution in [0.25, 0.3) is 10.4 Å². The second-order valence-electron chi connectivity index (χ2n) is 2.18. The van der Waals surface area contributed by atoms with E-state index in [-0.39, 0.29) is 12.6 Å². The molecule has 1 N–H and O–H groups in total. The summed E-state index contributed by atoms with van der Waals surface area (Å²) >= 11 is 0. The Kier molecular flexibility index (Phi) is 5.92. The van der Waals surface area contributed by atoms with Crippen LogP contribution in [0.4, 0.5) is 0 Å². The van der Waals surface area contributed by atoms with Crippen molar-refractivity contribution in [1.82, 2.24) is 0 Å². The molecule has 0 saturated heterocycles. The van der Waals surface area contributed by atoms with E-state index in [1.165, 1.54) is 0 Å². The van der Waals surface area contributed by atoms with Crippen LogP contribution in [0, 0.1) is 0 Å². The Morgan fingerprint density at radius 3 is 2.80 bits per heavy atom. The first-order chi connectivity index (χ1) is 4.85. The van der Waals surface area contributed by atoms with Crippen LogP contribution in [0.3, 0.4) is 0 Å². The lowest BCUT2D eigenvalue weighted by atomic mass is 10.1. The van der Waals surface area contributed by atoms with Gasteiger partial charge < -0.3 is 5.11 Å². The molecule has 0 aromatic heterocycles. The van der Waals surface area contributed by atoms with Crippen LogP contribution in [0.15, 0.2) is 5.11 Å². The number of unbranched alkanes of at least 4 members (excludes halogenated alkanes) is 1. The third kappa shape index (κ3) is 4.18. The van der Waals surface area contributed by atoms with E-state index >= 15 is 0 Å². The normalized spacial score (nSPS) is 12.2. The molecule has 1 atom stereocenters. The zero-order valence-electron chi connectivity index (χ0n) is 6.19. The third-order valence-electron chi connectivity index (χ3n) is 1.32. The maximum atomic E-state index is 8.62. The van der Waals surface area contributed by atoms with Crippen LogP contribution in [0.2, 0.25) is 0 Å². The van der Waals surface area contributed by atoms with Crippen molar-refractivity contribution in [3.8, 4) is 0 Å². The van der Waals surface area contributed by atoms with E-state index in [1.807, 2.05) is 0 Å². The highest BCUT2D eigenvalue weighted by Crippen LogP contribution is 2.03. The summed E-state index contributed by atoms with van der Waals surface area (Å²) in [7, 11) is 0. The number of hydrogen-bond acceptors (Lipinski definition) is 2. The number of aliphatic hydroxyl groups is 1. The van der Waals surface area contributed by atoms with E-state index < -0.39 is 0 Å². The average molecular weight is 143 g/mol. The standard InChI is InChI=1S/C6H13N3O/c1-2-3-4-6(5-10)8-9-7/h6,10H,2-5H2,1H3. The molecule has 0 spiro atoms.